The fourth-order valence-electron chi connectivity index (χ4n) is 1.37. The summed E-state index contributed by atoms with van der Waals surface area (Å²) in [5.41, 5.74) is 1.47. The Bertz CT molecular complexity index is 510. The van der Waals surface area contributed by atoms with E-state index < -0.39 is 0 Å². The summed E-state index contributed by atoms with van der Waals surface area (Å²) in [6.07, 6.45) is 0. The quantitative estimate of drug-likeness (QED) is 0.755. The van der Waals surface area contributed by atoms with Crippen LogP contribution < -0.4 is 0 Å². The third-order valence-electron chi connectivity index (χ3n) is 2.20. The van der Waals surface area contributed by atoms with E-state index >= 15 is 0 Å². The molecule has 0 aliphatic rings. The lowest BCUT2D eigenvalue weighted by molar-refractivity contribution is 0.506. The van der Waals surface area contributed by atoms with Crippen LogP contribution in [0.25, 0.3) is 11.5 Å². The Morgan fingerprint density at radius 2 is 2.12 bits per heavy atom. The van der Waals surface area contributed by atoms with Gasteiger partial charge in [0, 0.05) is 5.56 Å². The minimum absolute atomic E-state index is 0.285. The number of aromatic nitrogens is 2. The van der Waals surface area contributed by atoms with Crippen LogP contribution in [-0.2, 0) is 0 Å². The number of aryl methyl sites for hydroxylation is 1. The zero-order chi connectivity index (χ0) is 11.7. The van der Waals surface area contributed by atoms with Gasteiger partial charge in [0.05, 0.1) is 0 Å². The van der Waals surface area contributed by atoms with Crippen LogP contribution in [-0.4, -0.2) is 10.2 Å². The van der Waals surface area contributed by atoms with E-state index in [4.69, 9.17) is 16.0 Å². The summed E-state index contributed by atoms with van der Waals surface area (Å²) in [6.45, 7) is 3.53. The van der Waals surface area contributed by atoms with Crippen LogP contribution in [0.4, 0.5) is 4.39 Å². The van der Waals surface area contributed by atoms with Crippen molar-refractivity contribution in [2.45, 2.75) is 19.2 Å². The van der Waals surface area contributed by atoms with Crippen LogP contribution in [0.5, 0.6) is 0 Å². The number of benzene rings is 1. The van der Waals surface area contributed by atoms with Crippen molar-refractivity contribution in [1.29, 1.82) is 0 Å². The highest BCUT2D eigenvalue weighted by Crippen LogP contribution is 2.26. The van der Waals surface area contributed by atoms with E-state index in [1.807, 2.05) is 0 Å². The van der Waals surface area contributed by atoms with Crippen molar-refractivity contribution in [2.24, 2.45) is 0 Å². The molecule has 0 aliphatic heterocycles. The van der Waals surface area contributed by atoms with Gasteiger partial charge in [0.25, 0.3) is 0 Å². The van der Waals surface area contributed by atoms with Crippen molar-refractivity contribution >= 4 is 11.6 Å². The molecule has 84 valence electrons. The van der Waals surface area contributed by atoms with Gasteiger partial charge in [-0.05, 0) is 37.6 Å². The monoisotopic (exact) mass is 240 g/mol. The fraction of sp³-hybridized carbons (Fsp3) is 0.273. The van der Waals surface area contributed by atoms with Gasteiger partial charge in [-0.1, -0.05) is 0 Å². The van der Waals surface area contributed by atoms with E-state index in [9.17, 15) is 4.39 Å². The second-order valence-electron chi connectivity index (χ2n) is 3.52. The van der Waals surface area contributed by atoms with Crippen molar-refractivity contribution in [3.63, 3.8) is 0 Å². The molecule has 1 unspecified atom stereocenters. The van der Waals surface area contributed by atoms with Crippen LogP contribution >= 0.6 is 11.6 Å². The smallest absolute Gasteiger partial charge is 0.248 e. The molecule has 0 aliphatic carbocycles. The maximum atomic E-state index is 12.9. The molecule has 1 atom stereocenters. The topological polar surface area (TPSA) is 38.9 Å². The Hall–Kier alpha value is -1.42. The molecular weight excluding hydrogens is 231 g/mol. The van der Waals surface area contributed by atoms with E-state index in [-0.39, 0.29) is 11.2 Å². The summed E-state index contributed by atoms with van der Waals surface area (Å²) in [4.78, 5) is 0. The molecule has 0 saturated heterocycles. The van der Waals surface area contributed by atoms with E-state index in [1.54, 1.807) is 19.9 Å². The van der Waals surface area contributed by atoms with Gasteiger partial charge >= 0.3 is 0 Å². The first kappa shape index (κ1) is 11.1. The average molecular weight is 241 g/mol. The first-order valence-corrected chi connectivity index (χ1v) is 5.25. The highest BCUT2D eigenvalue weighted by atomic mass is 35.5. The molecule has 16 heavy (non-hydrogen) atoms. The van der Waals surface area contributed by atoms with E-state index in [1.165, 1.54) is 12.1 Å². The molecule has 0 spiro atoms. The minimum atomic E-state index is -0.331. The van der Waals surface area contributed by atoms with Gasteiger partial charge in [-0.25, -0.2) is 4.39 Å². The first-order chi connectivity index (χ1) is 7.58. The van der Waals surface area contributed by atoms with Crippen LogP contribution in [0.1, 0.15) is 23.8 Å². The van der Waals surface area contributed by atoms with Crippen LogP contribution in [0.15, 0.2) is 22.6 Å². The molecular formula is C11H10ClFN2O. The van der Waals surface area contributed by atoms with Gasteiger partial charge in [-0.2, -0.15) is 0 Å². The Labute approximate surface area is 97.3 Å². The van der Waals surface area contributed by atoms with Gasteiger partial charge in [-0.3, -0.25) is 0 Å². The average Bonchev–Trinajstić information content (AvgIpc) is 2.66. The Morgan fingerprint density at radius 3 is 2.69 bits per heavy atom. The van der Waals surface area contributed by atoms with E-state index in [0.717, 1.165) is 11.1 Å². The van der Waals surface area contributed by atoms with Crippen molar-refractivity contribution in [1.82, 2.24) is 10.2 Å². The Kier molecular flexibility index (Phi) is 2.92. The van der Waals surface area contributed by atoms with Crippen LogP contribution in [0.3, 0.4) is 0 Å². The number of nitrogens with zero attached hydrogens (tertiary/aromatic N) is 2. The molecule has 3 nitrogen and oxygen atoms in total. The van der Waals surface area contributed by atoms with Gasteiger partial charge in [0.2, 0.25) is 11.8 Å². The number of hydrogen-bond donors (Lipinski definition) is 0. The van der Waals surface area contributed by atoms with Crippen molar-refractivity contribution in [2.75, 3.05) is 0 Å². The number of alkyl halides is 1. The molecule has 0 N–H and O–H groups in total. The third kappa shape index (κ3) is 2.07. The molecule has 0 saturated carbocycles. The highest BCUT2D eigenvalue weighted by molar-refractivity contribution is 6.20. The van der Waals surface area contributed by atoms with Crippen molar-refractivity contribution < 1.29 is 8.81 Å². The molecule has 5 heteroatoms. The molecule has 1 aromatic heterocycles. The zero-order valence-corrected chi connectivity index (χ0v) is 9.62. The zero-order valence-electron chi connectivity index (χ0n) is 8.87. The Balaban J connectivity index is 2.42. The summed E-state index contributed by atoms with van der Waals surface area (Å²) in [6, 6.07) is 4.39. The number of hydrogen-bond acceptors (Lipinski definition) is 3. The normalized spacial score (nSPS) is 12.8. The maximum absolute atomic E-state index is 12.9. The molecule has 2 aromatic rings. The van der Waals surface area contributed by atoms with E-state index in [2.05, 4.69) is 10.2 Å². The second kappa shape index (κ2) is 4.22. The highest BCUT2D eigenvalue weighted by Gasteiger charge is 2.14. The lowest BCUT2D eigenvalue weighted by Crippen LogP contribution is -1.85. The lowest BCUT2D eigenvalue weighted by atomic mass is 10.1. The lowest BCUT2D eigenvalue weighted by Gasteiger charge is -2.00. The fourth-order valence-corrected chi connectivity index (χ4v) is 1.46. The maximum Gasteiger partial charge on any atom is 0.248 e. The number of rotatable bonds is 2. The minimum Gasteiger partial charge on any atom is -0.419 e. The number of halogens is 2. The molecule has 0 fully saturated rings. The largest absolute Gasteiger partial charge is 0.419 e. The second-order valence-corrected chi connectivity index (χ2v) is 4.18. The molecule has 0 amide bonds. The standard InChI is InChI=1S/C11H10ClFN2O/c1-6-5-8(13)3-4-9(6)11-15-14-10(16-11)7(2)12/h3-5,7H,1-2H3. The first-order valence-electron chi connectivity index (χ1n) is 4.82. The van der Waals surface area contributed by atoms with E-state index in [0.29, 0.717) is 11.8 Å². The van der Waals surface area contributed by atoms with Crippen LogP contribution in [0.2, 0.25) is 0 Å². The van der Waals surface area contributed by atoms with Gasteiger partial charge < -0.3 is 4.42 Å². The summed E-state index contributed by atoms with van der Waals surface area (Å²) in [7, 11) is 0. The van der Waals surface area contributed by atoms with Gasteiger partial charge in [0.15, 0.2) is 0 Å². The van der Waals surface area contributed by atoms with Gasteiger partial charge in [-0.15, -0.1) is 21.8 Å². The Morgan fingerprint density at radius 1 is 1.38 bits per heavy atom. The molecule has 1 aromatic carbocycles. The summed E-state index contributed by atoms with van der Waals surface area (Å²) < 4.78 is 18.3. The van der Waals surface area contributed by atoms with Crippen molar-refractivity contribution in [3.8, 4) is 11.5 Å². The van der Waals surface area contributed by atoms with Crippen LogP contribution in [0, 0.1) is 12.7 Å². The SMILES string of the molecule is Cc1cc(F)ccc1-c1nnc(C(C)Cl)o1. The molecule has 2 rings (SSSR count). The summed E-state index contributed by atoms with van der Waals surface area (Å²) in [5.74, 6) is 0.437. The summed E-state index contributed by atoms with van der Waals surface area (Å²) in [5, 5.41) is 7.36. The molecule has 0 radical (unpaired) electrons. The third-order valence-corrected chi connectivity index (χ3v) is 2.39. The van der Waals surface area contributed by atoms with Gasteiger partial charge in [0.1, 0.15) is 11.2 Å². The molecule has 1 heterocycles. The predicted octanol–water partition coefficient (Wildman–Crippen LogP) is 3.48. The predicted molar refractivity (Wildman–Crippen MR) is 58.7 cm³/mol. The van der Waals surface area contributed by atoms with Crippen molar-refractivity contribution in [3.05, 3.63) is 35.5 Å². The molecule has 0 bridgehead atoms. The summed E-state index contributed by atoms with van der Waals surface area (Å²) >= 11 is 5.81.